The van der Waals surface area contributed by atoms with Gasteiger partial charge in [0.15, 0.2) is 0 Å². The minimum Gasteiger partial charge on any atom is -0.480 e. The fourth-order valence-corrected chi connectivity index (χ4v) is 0.800. The highest BCUT2D eigenvalue weighted by Crippen LogP contribution is 1.95. The number of hydrazine groups is 1. The second-order valence-corrected chi connectivity index (χ2v) is 2.94. The van der Waals surface area contributed by atoms with Crippen molar-refractivity contribution in [3.63, 3.8) is 0 Å². The largest absolute Gasteiger partial charge is 0.480 e. The molecule has 7 heteroatoms. The Labute approximate surface area is 87.0 Å². The van der Waals surface area contributed by atoms with Crippen LogP contribution in [0, 0.1) is 0 Å². The van der Waals surface area contributed by atoms with Crippen LogP contribution in [0.4, 0.5) is 0 Å². The van der Waals surface area contributed by atoms with Crippen molar-refractivity contribution in [1.82, 2.24) is 10.9 Å². The quantitative estimate of drug-likeness (QED) is 0.396. The Morgan fingerprint density at radius 3 is 2.40 bits per heavy atom. The standard InChI is InChI=1S/C8H15N3O4/c1-2-7(13)11-10-5(8(14)15)3-4-6(9)12/h5,10H,2-4H2,1H3,(H2,9,12)(H,11,13)(H,14,15)/t5-/m0/s1. The predicted octanol–water partition coefficient (Wildman–Crippen LogP) is -1.26. The van der Waals surface area contributed by atoms with Crippen molar-refractivity contribution in [2.24, 2.45) is 5.73 Å². The summed E-state index contributed by atoms with van der Waals surface area (Å²) < 4.78 is 0. The third-order valence-electron chi connectivity index (χ3n) is 1.68. The molecular formula is C8H15N3O4. The van der Waals surface area contributed by atoms with Crippen molar-refractivity contribution < 1.29 is 19.5 Å². The van der Waals surface area contributed by atoms with Crippen LogP contribution in [0.1, 0.15) is 26.2 Å². The highest BCUT2D eigenvalue weighted by Gasteiger charge is 2.17. The molecule has 0 heterocycles. The summed E-state index contributed by atoms with van der Waals surface area (Å²) in [5.41, 5.74) is 9.41. The van der Waals surface area contributed by atoms with Gasteiger partial charge in [-0.05, 0) is 6.42 Å². The number of rotatable bonds is 7. The summed E-state index contributed by atoms with van der Waals surface area (Å²) in [4.78, 5) is 31.9. The van der Waals surface area contributed by atoms with Gasteiger partial charge in [-0.2, -0.15) is 0 Å². The fourth-order valence-electron chi connectivity index (χ4n) is 0.800. The number of carboxylic acids is 1. The number of primary amides is 1. The fraction of sp³-hybridized carbons (Fsp3) is 0.625. The summed E-state index contributed by atoms with van der Waals surface area (Å²) >= 11 is 0. The zero-order chi connectivity index (χ0) is 11.8. The molecule has 0 aromatic carbocycles. The molecule has 0 aromatic heterocycles. The zero-order valence-electron chi connectivity index (χ0n) is 8.45. The number of amides is 2. The molecule has 0 aliphatic rings. The van der Waals surface area contributed by atoms with E-state index < -0.39 is 17.9 Å². The van der Waals surface area contributed by atoms with Crippen molar-refractivity contribution in [3.05, 3.63) is 0 Å². The molecule has 0 rings (SSSR count). The molecule has 7 nitrogen and oxygen atoms in total. The van der Waals surface area contributed by atoms with Gasteiger partial charge in [0.1, 0.15) is 6.04 Å². The maximum absolute atomic E-state index is 10.8. The Kier molecular flexibility index (Phi) is 6.03. The van der Waals surface area contributed by atoms with Crippen molar-refractivity contribution in [2.45, 2.75) is 32.2 Å². The second-order valence-electron chi connectivity index (χ2n) is 2.94. The van der Waals surface area contributed by atoms with E-state index in [9.17, 15) is 14.4 Å². The first-order valence-electron chi connectivity index (χ1n) is 4.52. The number of carbonyl (C=O) groups excluding carboxylic acids is 2. The smallest absolute Gasteiger partial charge is 0.322 e. The Balaban J connectivity index is 3.99. The van der Waals surface area contributed by atoms with E-state index in [1.165, 1.54) is 0 Å². The van der Waals surface area contributed by atoms with E-state index in [1.807, 2.05) is 0 Å². The lowest BCUT2D eigenvalue weighted by Crippen LogP contribution is -2.48. The second kappa shape index (κ2) is 6.77. The van der Waals surface area contributed by atoms with Crippen molar-refractivity contribution in [1.29, 1.82) is 0 Å². The van der Waals surface area contributed by atoms with Crippen LogP contribution in [0.5, 0.6) is 0 Å². The Bertz CT molecular complexity index is 254. The Morgan fingerprint density at radius 2 is 2.00 bits per heavy atom. The van der Waals surface area contributed by atoms with Gasteiger partial charge >= 0.3 is 5.97 Å². The Hall–Kier alpha value is -1.63. The minimum atomic E-state index is -1.15. The van der Waals surface area contributed by atoms with Gasteiger partial charge in [0.25, 0.3) is 0 Å². The van der Waals surface area contributed by atoms with Crippen LogP contribution in [0.3, 0.4) is 0 Å². The molecule has 0 aliphatic heterocycles. The molecule has 0 unspecified atom stereocenters. The third-order valence-corrected chi connectivity index (χ3v) is 1.68. The summed E-state index contributed by atoms with van der Waals surface area (Å²) in [7, 11) is 0. The first-order valence-corrected chi connectivity index (χ1v) is 4.52. The first-order chi connectivity index (χ1) is 6.97. The lowest BCUT2D eigenvalue weighted by Gasteiger charge is -2.13. The normalized spacial score (nSPS) is 11.8. The van der Waals surface area contributed by atoms with Gasteiger partial charge in [0, 0.05) is 12.8 Å². The van der Waals surface area contributed by atoms with Crippen LogP contribution >= 0.6 is 0 Å². The van der Waals surface area contributed by atoms with E-state index in [-0.39, 0.29) is 25.2 Å². The molecule has 1 atom stereocenters. The number of nitrogens with two attached hydrogens (primary N) is 1. The number of carboxylic acid groups (broad SMARTS) is 1. The lowest BCUT2D eigenvalue weighted by atomic mass is 10.1. The molecule has 86 valence electrons. The monoisotopic (exact) mass is 217 g/mol. The summed E-state index contributed by atoms with van der Waals surface area (Å²) in [5.74, 6) is -2.04. The molecule has 0 saturated carbocycles. The van der Waals surface area contributed by atoms with Crippen LogP contribution < -0.4 is 16.6 Å². The number of nitrogens with one attached hydrogen (secondary N) is 2. The van der Waals surface area contributed by atoms with Crippen LogP contribution in [-0.4, -0.2) is 28.9 Å². The number of hydrogen-bond donors (Lipinski definition) is 4. The van der Waals surface area contributed by atoms with Crippen molar-refractivity contribution in [3.8, 4) is 0 Å². The van der Waals surface area contributed by atoms with Gasteiger partial charge in [-0.25, -0.2) is 5.43 Å². The van der Waals surface area contributed by atoms with E-state index >= 15 is 0 Å². The molecular weight excluding hydrogens is 202 g/mol. The maximum Gasteiger partial charge on any atom is 0.322 e. The average Bonchev–Trinajstić information content (AvgIpc) is 2.16. The van der Waals surface area contributed by atoms with Gasteiger partial charge in [-0.3, -0.25) is 19.8 Å². The van der Waals surface area contributed by atoms with E-state index in [0.29, 0.717) is 0 Å². The van der Waals surface area contributed by atoms with Crippen LogP contribution in [0.25, 0.3) is 0 Å². The summed E-state index contributed by atoms with van der Waals surface area (Å²) in [6.07, 6.45) is 0.232. The third kappa shape index (κ3) is 6.44. The first kappa shape index (κ1) is 13.4. The average molecular weight is 217 g/mol. The van der Waals surface area contributed by atoms with Gasteiger partial charge in [-0.1, -0.05) is 6.92 Å². The highest BCUT2D eigenvalue weighted by molar-refractivity contribution is 5.78. The molecule has 0 radical (unpaired) electrons. The Morgan fingerprint density at radius 1 is 1.40 bits per heavy atom. The van der Waals surface area contributed by atoms with E-state index in [1.54, 1.807) is 6.92 Å². The lowest BCUT2D eigenvalue weighted by molar-refractivity contribution is -0.140. The van der Waals surface area contributed by atoms with Gasteiger partial charge in [0.2, 0.25) is 11.8 Å². The minimum absolute atomic E-state index is 0.0364. The van der Waals surface area contributed by atoms with Crippen molar-refractivity contribution >= 4 is 17.8 Å². The summed E-state index contributed by atoms with van der Waals surface area (Å²) in [5, 5.41) is 8.71. The van der Waals surface area contributed by atoms with Gasteiger partial charge in [-0.15, -0.1) is 0 Å². The maximum atomic E-state index is 10.8. The van der Waals surface area contributed by atoms with E-state index in [0.717, 1.165) is 0 Å². The number of carbonyl (C=O) groups is 3. The molecule has 15 heavy (non-hydrogen) atoms. The predicted molar refractivity (Wildman–Crippen MR) is 51.4 cm³/mol. The molecule has 5 N–H and O–H groups in total. The molecule has 0 fully saturated rings. The topological polar surface area (TPSA) is 122 Å². The molecule has 2 amide bonds. The molecule has 0 saturated heterocycles. The zero-order valence-corrected chi connectivity index (χ0v) is 8.45. The van der Waals surface area contributed by atoms with E-state index in [2.05, 4.69) is 10.9 Å². The van der Waals surface area contributed by atoms with Gasteiger partial charge < -0.3 is 10.8 Å². The van der Waals surface area contributed by atoms with Crippen LogP contribution in [-0.2, 0) is 14.4 Å². The molecule has 0 spiro atoms. The van der Waals surface area contributed by atoms with Gasteiger partial charge in [0.05, 0.1) is 0 Å². The highest BCUT2D eigenvalue weighted by atomic mass is 16.4. The number of aliphatic carboxylic acids is 1. The molecule has 0 aromatic rings. The summed E-state index contributed by atoms with van der Waals surface area (Å²) in [6.45, 7) is 1.64. The summed E-state index contributed by atoms with van der Waals surface area (Å²) in [6, 6.07) is -1.01. The molecule has 0 aliphatic carbocycles. The van der Waals surface area contributed by atoms with Crippen LogP contribution in [0.15, 0.2) is 0 Å². The number of hydrogen-bond acceptors (Lipinski definition) is 4. The SMILES string of the molecule is CCC(=O)NN[C@@H](CCC(N)=O)C(=O)O. The van der Waals surface area contributed by atoms with Crippen LogP contribution in [0.2, 0.25) is 0 Å². The van der Waals surface area contributed by atoms with Crippen molar-refractivity contribution in [2.75, 3.05) is 0 Å². The molecule has 0 bridgehead atoms. The van der Waals surface area contributed by atoms with E-state index in [4.69, 9.17) is 10.8 Å².